The molecule has 0 aliphatic carbocycles. The molecule has 1 aliphatic rings. The molecule has 1 atom stereocenters. The maximum absolute atomic E-state index is 12.4. The molecular weight excluding hydrogens is 324 g/mol. The second kappa shape index (κ2) is 8.43. The Labute approximate surface area is 156 Å². The molecule has 0 saturated carbocycles. The summed E-state index contributed by atoms with van der Waals surface area (Å²) in [6.07, 6.45) is 3.75. The number of amides is 1. The zero-order valence-corrected chi connectivity index (χ0v) is 15.9. The molecular formula is C21H28N4O. The number of carbonyl (C=O) groups is 1. The van der Waals surface area contributed by atoms with E-state index in [0.717, 1.165) is 43.0 Å². The molecule has 2 aromatic rings. The van der Waals surface area contributed by atoms with Crippen LogP contribution in [-0.4, -0.2) is 53.4 Å². The number of aromatic nitrogens is 1. The number of pyridine rings is 1. The van der Waals surface area contributed by atoms with Crippen molar-refractivity contribution >= 4 is 11.6 Å². The Morgan fingerprint density at radius 2 is 1.81 bits per heavy atom. The van der Waals surface area contributed by atoms with Crippen LogP contribution in [0, 0.1) is 13.8 Å². The monoisotopic (exact) mass is 352 g/mol. The summed E-state index contributed by atoms with van der Waals surface area (Å²) in [5.74, 6) is 0.0659. The first kappa shape index (κ1) is 18.5. The lowest BCUT2D eigenvalue weighted by Crippen LogP contribution is -2.49. The van der Waals surface area contributed by atoms with Crippen LogP contribution < -0.4 is 5.32 Å². The van der Waals surface area contributed by atoms with Crippen LogP contribution in [0.15, 0.2) is 42.7 Å². The third kappa shape index (κ3) is 4.48. The molecule has 1 fully saturated rings. The van der Waals surface area contributed by atoms with Crippen molar-refractivity contribution in [2.75, 3.05) is 38.0 Å². The summed E-state index contributed by atoms with van der Waals surface area (Å²) in [5, 5.41) is 3.08. The van der Waals surface area contributed by atoms with E-state index in [2.05, 4.69) is 33.1 Å². The van der Waals surface area contributed by atoms with Crippen LogP contribution in [0.25, 0.3) is 0 Å². The first-order valence-electron chi connectivity index (χ1n) is 9.27. The number of hydrogen-bond donors (Lipinski definition) is 1. The van der Waals surface area contributed by atoms with E-state index in [-0.39, 0.29) is 5.91 Å². The molecule has 2 heterocycles. The van der Waals surface area contributed by atoms with Gasteiger partial charge >= 0.3 is 0 Å². The summed E-state index contributed by atoms with van der Waals surface area (Å²) < 4.78 is 0. The van der Waals surface area contributed by atoms with Crippen molar-refractivity contribution in [3.05, 3.63) is 59.4 Å². The van der Waals surface area contributed by atoms with Gasteiger partial charge in [-0.2, -0.15) is 0 Å². The minimum atomic E-state index is 0.0659. The normalized spacial score (nSPS) is 17.0. The molecule has 5 nitrogen and oxygen atoms in total. The molecule has 1 N–H and O–H groups in total. The van der Waals surface area contributed by atoms with Crippen molar-refractivity contribution < 1.29 is 4.79 Å². The third-order valence-corrected chi connectivity index (χ3v) is 5.23. The number of rotatable bonds is 5. The highest BCUT2D eigenvalue weighted by Gasteiger charge is 2.23. The van der Waals surface area contributed by atoms with Crippen LogP contribution in [0.4, 0.5) is 5.69 Å². The van der Waals surface area contributed by atoms with Crippen LogP contribution in [-0.2, 0) is 4.79 Å². The summed E-state index contributed by atoms with van der Waals surface area (Å²) in [6.45, 7) is 10.5. The largest absolute Gasteiger partial charge is 0.324 e. The standard InChI is InChI=1S/C21H28N4O/c1-16-6-4-7-17(2)21(16)23-20(26)15-24-10-12-25(13-11-24)18(3)19-8-5-9-22-14-19/h4-9,14,18H,10-13,15H2,1-3H3,(H,23,26)/t18-/m1/s1. The van der Waals surface area contributed by atoms with Crippen molar-refractivity contribution in [2.24, 2.45) is 0 Å². The van der Waals surface area contributed by atoms with E-state index in [9.17, 15) is 4.79 Å². The minimum Gasteiger partial charge on any atom is -0.324 e. The van der Waals surface area contributed by atoms with Gasteiger partial charge in [0.15, 0.2) is 0 Å². The predicted molar refractivity (Wildman–Crippen MR) is 105 cm³/mol. The molecule has 1 aromatic carbocycles. The molecule has 0 bridgehead atoms. The number of carbonyl (C=O) groups excluding carboxylic acids is 1. The summed E-state index contributed by atoms with van der Waals surface area (Å²) in [6, 6.07) is 10.5. The minimum absolute atomic E-state index is 0.0659. The van der Waals surface area contributed by atoms with E-state index in [1.807, 2.05) is 50.5 Å². The van der Waals surface area contributed by atoms with Crippen LogP contribution in [0.1, 0.15) is 29.7 Å². The fourth-order valence-corrected chi connectivity index (χ4v) is 3.54. The molecule has 26 heavy (non-hydrogen) atoms. The smallest absolute Gasteiger partial charge is 0.238 e. The van der Waals surface area contributed by atoms with Gasteiger partial charge < -0.3 is 5.32 Å². The van der Waals surface area contributed by atoms with Crippen LogP contribution >= 0.6 is 0 Å². The van der Waals surface area contributed by atoms with E-state index < -0.39 is 0 Å². The molecule has 1 aromatic heterocycles. The van der Waals surface area contributed by atoms with E-state index in [0.29, 0.717) is 12.6 Å². The van der Waals surface area contributed by atoms with Crippen LogP contribution in [0.2, 0.25) is 0 Å². The number of nitrogens with zero attached hydrogens (tertiary/aromatic N) is 3. The van der Waals surface area contributed by atoms with Gasteiger partial charge in [-0.05, 0) is 43.5 Å². The van der Waals surface area contributed by atoms with Crippen molar-refractivity contribution in [2.45, 2.75) is 26.8 Å². The Morgan fingerprint density at radius 3 is 2.42 bits per heavy atom. The van der Waals surface area contributed by atoms with Gasteiger partial charge in [0, 0.05) is 50.3 Å². The summed E-state index contributed by atoms with van der Waals surface area (Å²) >= 11 is 0. The molecule has 1 amide bonds. The molecule has 0 spiro atoms. The molecule has 1 aliphatic heterocycles. The molecule has 3 rings (SSSR count). The van der Waals surface area contributed by atoms with Crippen LogP contribution in [0.5, 0.6) is 0 Å². The van der Waals surface area contributed by atoms with Gasteiger partial charge in [-0.3, -0.25) is 19.6 Å². The number of benzene rings is 1. The molecule has 5 heteroatoms. The van der Waals surface area contributed by atoms with E-state index in [1.54, 1.807) is 0 Å². The zero-order chi connectivity index (χ0) is 18.5. The van der Waals surface area contributed by atoms with Crippen molar-refractivity contribution in [1.82, 2.24) is 14.8 Å². The first-order valence-corrected chi connectivity index (χ1v) is 9.27. The lowest BCUT2D eigenvalue weighted by atomic mass is 10.1. The zero-order valence-electron chi connectivity index (χ0n) is 15.9. The average Bonchev–Trinajstić information content (AvgIpc) is 2.66. The Balaban J connectivity index is 1.50. The van der Waals surface area contributed by atoms with E-state index in [1.165, 1.54) is 5.56 Å². The topological polar surface area (TPSA) is 48.5 Å². The third-order valence-electron chi connectivity index (χ3n) is 5.23. The molecule has 1 saturated heterocycles. The summed E-state index contributed by atoms with van der Waals surface area (Å²) in [4.78, 5) is 21.4. The lowest BCUT2D eigenvalue weighted by molar-refractivity contribution is -0.117. The maximum atomic E-state index is 12.4. The van der Waals surface area contributed by atoms with Gasteiger partial charge in [0.05, 0.1) is 6.54 Å². The Morgan fingerprint density at radius 1 is 1.12 bits per heavy atom. The van der Waals surface area contributed by atoms with Gasteiger partial charge in [-0.15, -0.1) is 0 Å². The number of aryl methyl sites for hydroxylation is 2. The highest BCUT2D eigenvalue weighted by Crippen LogP contribution is 2.21. The molecule has 138 valence electrons. The van der Waals surface area contributed by atoms with Gasteiger partial charge in [0.1, 0.15) is 0 Å². The van der Waals surface area contributed by atoms with Crippen molar-refractivity contribution in [3.63, 3.8) is 0 Å². The summed E-state index contributed by atoms with van der Waals surface area (Å²) in [7, 11) is 0. The van der Waals surface area contributed by atoms with Crippen molar-refractivity contribution in [3.8, 4) is 0 Å². The lowest BCUT2D eigenvalue weighted by Gasteiger charge is -2.37. The number of anilines is 1. The SMILES string of the molecule is Cc1cccc(C)c1NC(=O)CN1CCN([C@H](C)c2cccnc2)CC1. The number of nitrogens with one attached hydrogen (secondary N) is 1. The highest BCUT2D eigenvalue weighted by atomic mass is 16.2. The summed E-state index contributed by atoms with van der Waals surface area (Å²) in [5.41, 5.74) is 4.40. The molecule has 0 radical (unpaired) electrons. The quantitative estimate of drug-likeness (QED) is 0.899. The fraction of sp³-hybridized carbons (Fsp3) is 0.429. The average molecular weight is 352 g/mol. The second-order valence-electron chi connectivity index (χ2n) is 7.09. The van der Waals surface area contributed by atoms with Gasteiger partial charge in [0.2, 0.25) is 5.91 Å². The first-order chi connectivity index (χ1) is 12.5. The Hall–Kier alpha value is -2.24. The highest BCUT2D eigenvalue weighted by molar-refractivity contribution is 5.93. The second-order valence-corrected chi connectivity index (χ2v) is 7.09. The molecule has 0 unspecified atom stereocenters. The van der Waals surface area contributed by atoms with Gasteiger partial charge in [-0.1, -0.05) is 24.3 Å². The number of piperazine rings is 1. The predicted octanol–water partition coefficient (Wildman–Crippen LogP) is 3.02. The fourth-order valence-electron chi connectivity index (χ4n) is 3.54. The number of para-hydroxylation sites is 1. The van der Waals surface area contributed by atoms with E-state index in [4.69, 9.17) is 0 Å². The van der Waals surface area contributed by atoms with E-state index >= 15 is 0 Å². The number of hydrogen-bond acceptors (Lipinski definition) is 4. The van der Waals surface area contributed by atoms with Crippen LogP contribution in [0.3, 0.4) is 0 Å². The maximum Gasteiger partial charge on any atom is 0.238 e. The Bertz CT molecular complexity index is 719. The van der Waals surface area contributed by atoms with Gasteiger partial charge in [0.25, 0.3) is 0 Å². The van der Waals surface area contributed by atoms with Crippen molar-refractivity contribution in [1.29, 1.82) is 0 Å². The Kier molecular flexibility index (Phi) is 6.01. The van der Waals surface area contributed by atoms with Gasteiger partial charge in [-0.25, -0.2) is 0 Å².